The molecule has 1 aliphatic heterocycles. The number of carbonyl (C=O) groups excluding carboxylic acids is 2. The number of benzene rings is 1. The number of carbonyl (C=O) groups is 2. The molecule has 9 nitrogen and oxygen atoms in total. The summed E-state index contributed by atoms with van der Waals surface area (Å²) in [4.78, 5) is 38.1. The molecule has 0 atom stereocenters. The first-order valence-electron chi connectivity index (χ1n) is 11.5. The summed E-state index contributed by atoms with van der Waals surface area (Å²) >= 11 is 1.30. The second-order valence-corrected chi connectivity index (χ2v) is 9.36. The van der Waals surface area contributed by atoms with Gasteiger partial charge in [0.25, 0.3) is 0 Å². The summed E-state index contributed by atoms with van der Waals surface area (Å²) in [5, 5.41) is 3.33. The Morgan fingerprint density at radius 2 is 1.89 bits per heavy atom. The number of halogens is 1. The molecular weight excluding hydrogens is 489 g/mol. The van der Waals surface area contributed by atoms with Crippen molar-refractivity contribution >= 4 is 23.3 Å². The predicted octanol–water partition coefficient (Wildman–Crippen LogP) is 5.33. The van der Waals surface area contributed by atoms with Crippen molar-refractivity contribution in [1.82, 2.24) is 15.0 Å². The van der Waals surface area contributed by atoms with E-state index in [-0.39, 0.29) is 35.2 Å². The lowest BCUT2D eigenvalue weighted by Crippen LogP contribution is -2.40. The molecule has 0 spiro atoms. The van der Waals surface area contributed by atoms with Crippen LogP contribution < -0.4 is 9.47 Å². The van der Waals surface area contributed by atoms with Gasteiger partial charge in [0.2, 0.25) is 17.5 Å². The van der Waals surface area contributed by atoms with Crippen molar-refractivity contribution in [3.05, 3.63) is 63.9 Å². The molecule has 2 aromatic heterocycles. The fourth-order valence-electron chi connectivity index (χ4n) is 3.54. The Bertz CT molecular complexity index is 1210. The monoisotopic (exact) mass is 515 g/mol. The third-order valence-electron chi connectivity index (χ3n) is 5.35. The number of aromatic nitrogens is 2. The van der Waals surface area contributed by atoms with Crippen molar-refractivity contribution in [2.75, 3.05) is 13.1 Å². The summed E-state index contributed by atoms with van der Waals surface area (Å²) in [6.45, 7) is 6.18. The van der Waals surface area contributed by atoms with Crippen molar-refractivity contribution in [2.45, 2.75) is 45.8 Å². The number of nitrogens with zero attached hydrogens (tertiary/aromatic N) is 3. The first-order valence-corrected chi connectivity index (χ1v) is 12.4. The third-order valence-corrected chi connectivity index (χ3v) is 6.22. The molecule has 36 heavy (non-hydrogen) atoms. The van der Waals surface area contributed by atoms with Crippen LogP contribution in [0.15, 0.2) is 42.0 Å². The Balaban J connectivity index is 1.36. The van der Waals surface area contributed by atoms with Gasteiger partial charge in [-0.2, -0.15) is 0 Å². The summed E-state index contributed by atoms with van der Waals surface area (Å²) in [5.41, 5.74) is 0.744. The summed E-state index contributed by atoms with van der Waals surface area (Å²) in [7, 11) is 0. The first kappa shape index (κ1) is 25.5. The van der Waals surface area contributed by atoms with Crippen molar-refractivity contribution in [1.29, 1.82) is 0 Å². The molecule has 1 aliphatic rings. The molecule has 1 aromatic carbocycles. The average molecular weight is 516 g/mol. The van der Waals surface area contributed by atoms with E-state index in [1.54, 1.807) is 43.3 Å². The van der Waals surface area contributed by atoms with Crippen LogP contribution in [-0.2, 0) is 9.57 Å². The summed E-state index contributed by atoms with van der Waals surface area (Å²) < 4.78 is 31.5. The normalized spacial score (nSPS) is 14.5. The van der Waals surface area contributed by atoms with E-state index in [9.17, 15) is 14.0 Å². The molecular formula is C25H26FN3O6S. The van der Waals surface area contributed by atoms with Crippen LogP contribution in [0, 0.1) is 12.7 Å². The number of piperidine rings is 1. The topological polar surface area (TPSA) is 100 Å². The molecule has 1 fully saturated rings. The molecule has 0 bridgehead atoms. The fraction of sp³-hybridized carbons (Fsp3) is 0.360. The van der Waals surface area contributed by atoms with E-state index in [1.807, 2.05) is 0 Å². The van der Waals surface area contributed by atoms with Crippen LogP contribution in [0.4, 0.5) is 9.18 Å². The first-order chi connectivity index (χ1) is 17.3. The van der Waals surface area contributed by atoms with Gasteiger partial charge in [-0.3, -0.25) is 4.79 Å². The van der Waals surface area contributed by atoms with E-state index in [4.69, 9.17) is 19.0 Å². The van der Waals surface area contributed by atoms with Gasteiger partial charge in [0.1, 0.15) is 12.4 Å². The van der Waals surface area contributed by atoms with Crippen LogP contribution in [-0.4, -0.2) is 52.3 Å². The number of ketones is 1. The van der Waals surface area contributed by atoms with Gasteiger partial charge in [-0.1, -0.05) is 6.07 Å². The highest BCUT2D eigenvalue weighted by Crippen LogP contribution is 2.31. The fourth-order valence-corrected chi connectivity index (χ4v) is 4.22. The number of thiophene rings is 1. The standard InChI is InChI=1S/C25H26FN3O6S/c1-15(2)32-25(31)35-29-10-8-18(9-11-29)33-23-16(3)24(28-14-27-23)34-20-7-6-17(13-19(20)26)22(30)21-5-4-12-36-21/h4-7,12-15,18H,8-11H2,1-3H3. The highest BCUT2D eigenvalue weighted by molar-refractivity contribution is 7.12. The molecule has 0 radical (unpaired) electrons. The molecule has 0 amide bonds. The summed E-state index contributed by atoms with van der Waals surface area (Å²) in [6.07, 6.45) is 1.34. The molecule has 0 aliphatic carbocycles. The minimum absolute atomic E-state index is 0.0655. The maximum Gasteiger partial charge on any atom is 0.528 e. The minimum Gasteiger partial charge on any atom is -0.474 e. The Labute approximate surface area is 211 Å². The van der Waals surface area contributed by atoms with Crippen molar-refractivity contribution in [3.63, 3.8) is 0 Å². The number of ether oxygens (including phenoxy) is 3. The van der Waals surface area contributed by atoms with Crippen molar-refractivity contribution in [3.8, 4) is 17.5 Å². The van der Waals surface area contributed by atoms with Gasteiger partial charge in [-0.25, -0.2) is 19.2 Å². The molecule has 0 unspecified atom stereocenters. The molecule has 190 valence electrons. The molecule has 1 saturated heterocycles. The van der Waals surface area contributed by atoms with E-state index >= 15 is 0 Å². The Kier molecular flexibility index (Phi) is 8.11. The molecule has 0 saturated carbocycles. The van der Waals surface area contributed by atoms with Gasteiger partial charge in [-0.05, 0) is 50.4 Å². The zero-order valence-corrected chi connectivity index (χ0v) is 20.9. The van der Waals surface area contributed by atoms with Gasteiger partial charge in [0.05, 0.1) is 16.5 Å². The van der Waals surface area contributed by atoms with Crippen molar-refractivity contribution in [2.24, 2.45) is 0 Å². The minimum atomic E-state index is -0.728. The molecule has 4 rings (SSSR count). The van der Waals surface area contributed by atoms with E-state index in [0.29, 0.717) is 42.3 Å². The molecule has 0 N–H and O–H groups in total. The SMILES string of the molecule is Cc1c(Oc2ccc(C(=O)c3cccs3)cc2F)ncnc1OC1CCN(OC(=O)OC(C)C)CC1. The van der Waals surface area contributed by atoms with Crippen molar-refractivity contribution < 1.29 is 33.0 Å². The lowest BCUT2D eigenvalue weighted by molar-refractivity contribution is -0.151. The van der Waals surface area contributed by atoms with Gasteiger partial charge in [0.15, 0.2) is 11.6 Å². The van der Waals surface area contributed by atoms with Crippen LogP contribution in [0.2, 0.25) is 0 Å². The summed E-state index contributed by atoms with van der Waals surface area (Å²) in [5.74, 6) is -0.528. The van der Waals surface area contributed by atoms with Gasteiger partial charge < -0.3 is 19.0 Å². The van der Waals surface area contributed by atoms with Crippen LogP contribution >= 0.6 is 11.3 Å². The zero-order valence-electron chi connectivity index (χ0n) is 20.1. The second-order valence-electron chi connectivity index (χ2n) is 8.42. The Morgan fingerprint density at radius 1 is 1.14 bits per heavy atom. The third kappa shape index (κ3) is 6.35. The Hall–Kier alpha value is -3.57. The summed E-state index contributed by atoms with van der Waals surface area (Å²) in [6, 6.07) is 7.53. The Morgan fingerprint density at radius 3 is 2.56 bits per heavy atom. The lowest BCUT2D eigenvalue weighted by Gasteiger charge is -2.30. The number of hydrogen-bond acceptors (Lipinski definition) is 10. The smallest absolute Gasteiger partial charge is 0.474 e. The maximum absolute atomic E-state index is 14.7. The molecule has 3 heterocycles. The van der Waals surface area contributed by atoms with Gasteiger partial charge in [0, 0.05) is 31.5 Å². The van der Waals surface area contributed by atoms with Gasteiger partial charge in [-0.15, -0.1) is 16.4 Å². The van der Waals surface area contributed by atoms with E-state index in [2.05, 4.69) is 9.97 Å². The molecule has 11 heteroatoms. The number of hydroxylamine groups is 2. The van der Waals surface area contributed by atoms with Crippen LogP contribution in [0.3, 0.4) is 0 Å². The number of hydrogen-bond donors (Lipinski definition) is 0. The van der Waals surface area contributed by atoms with Gasteiger partial charge >= 0.3 is 6.16 Å². The second kappa shape index (κ2) is 11.4. The predicted molar refractivity (Wildman–Crippen MR) is 129 cm³/mol. The average Bonchev–Trinajstić information content (AvgIpc) is 3.38. The van der Waals surface area contributed by atoms with Crippen LogP contribution in [0.25, 0.3) is 0 Å². The van der Waals surface area contributed by atoms with Crippen LogP contribution in [0.1, 0.15) is 47.5 Å². The lowest BCUT2D eigenvalue weighted by atomic mass is 10.1. The number of rotatable bonds is 8. The quantitative estimate of drug-likeness (QED) is 0.291. The largest absolute Gasteiger partial charge is 0.528 e. The zero-order chi connectivity index (χ0) is 25.7. The molecule has 3 aromatic rings. The van der Waals surface area contributed by atoms with E-state index in [0.717, 1.165) is 6.07 Å². The van der Waals surface area contributed by atoms with E-state index in [1.165, 1.54) is 29.8 Å². The maximum atomic E-state index is 14.7. The van der Waals surface area contributed by atoms with E-state index < -0.39 is 12.0 Å². The highest BCUT2D eigenvalue weighted by Gasteiger charge is 2.25. The highest BCUT2D eigenvalue weighted by atomic mass is 32.1. The van der Waals surface area contributed by atoms with Crippen LogP contribution in [0.5, 0.6) is 17.5 Å².